The Morgan fingerprint density at radius 2 is 1.54 bits per heavy atom. The minimum absolute atomic E-state index is 0. The number of nitrogens with two attached hydrogens (primary N) is 1. The maximum Gasteiger partial charge on any atom is 0.244 e. The van der Waals surface area contributed by atoms with Crippen molar-refractivity contribution < 1.29 is 18.0 Å². The smallest absolute Gasteiger partial charge is 0.244 e. The van der Waals surface area contributed by atoms with Gasteiger partial charge in [0.1, 0.15) is 0 Å². The molecule has 3 atom stereocenters. The molecule has 0 fully saturated rings. The molecule has 1 heterocycles. The van der Waals surface area contributed by atoms with Gasteiger partial charge in [0.25, 0.3) is 0 Å². The molecular weight excluding hydrogens is 556 g/mol. The molecule has 4 rings (SSSR count). The minimum Gasteiger partial charge on any atom is -0.369 e. The summed E-state index contributed by atoms with van der Waals surface area (Å²) in [6.45, 7) is 7.60. The second-order valence-corrected chi connectivity index (χ2v) is 13.7. The summed E-state index contributed by atoms with van der Waals surface area (Å²) in [4.78, 5) is 26.7. The molecular formula is C33H39ClN2O4S. The molecule has 0 saturated heterocycles. The van der Waals surface area contributed by atoms with E-state index < -0.39 is 39.3 Å². The first-order chi connectivity index (χ1) is 18.8. The standard InChI is InChI=1S/C32H35ClN2O4S.CH4/c1-21-10-8-9-13-28(21)40(38,39)35-29(32(2,3)4)20-26(30(35)23-14-16-25(33)17-15-23)27(36)19-24(31(34)37)18-22-11-6-5-7-12-22;/h5-17,20,24,29-30H,18-19H2,1-4H3,(H2,34,37);1H4/t24-,29+,30+;/m1./s1. The summed E-state index contributed by atoms with van der Waals surface area (Å²) in [6, 6.07) is 21.6. The molecule has 41 heavy (non-hydrogen) atoms. The van der Waals surface area contributed by atoms with Gasteiger partial charge in [-0.25, -0.2) is 8.42 Å². The average molecular weight is 595 g/mol. The summed E-state index contributed by atoms with van der Waals surface area (Å²) in [5.41, 5.74) is 7.66. The molecule has 0 unspecified atom stereocenters. The van der Waals surface area contributed by atoms with Crippen molar-refractivity contribution in [3.05, 3.63) is 112 Å². The van der Waals surface area contributed by atoms with Gasteiger partial charge in [0.2, 0.25) is 15.9 Å². The van der Waals surface area contributed by atoms with E-state index in [4.69, 9.17) is 17.3 Å². The zero-order chi connectivity index (χ0) is 29.2. The summed E-state index contributed by atoms with van der Waals surface area (Å²) in [5, 5.41) is 0.496. The molecule has 0 spiro atoms. The largest absolute Gasteiger partial charge is 0.369 e. The number of aryl methyl sites for hydroxylation is 1. The van der Waals surface area contributed by atoms with E-state index in [0.29, 0.717) is 28.1 Å². The lowest BCUT2D eigenvalue weighted by atomic mass is 9.86. The molecule has 0 radical (unpaired) electrons. The highest BCUT2D eigenvalue weighted by atomic mass is 35.5. The van der Waals surface area contributed by atoms with E-state index in [1.807, 2.05) is 51.1 Å². The quantitative estimate of drug-likeness (QED) is 0.299. The van der Waals surface area contributed by atoms with Crippen LogP contribution in [0.2, 0.25) is 5.02 Å². The van der Waals surface area contributed by atoms with Crippen molar-refractivity contribution in [3.8, 4) is 0 Å². The van der Waals surface area contributed by atoms with Gasteiger partial charge in [0.05, 0.1) is 10.9 Å². The number of primary amides is 1. The monoisotopic (exact) mass is 594 g/mol. The fraction of sp³-hybridized carbons (Fsp3) is 0.333. The highest BCUT2D eigenvalue weighted by molar-refractivity contribution is 7.89. The predicted octanol–water partition coefficient (Wildman–Crippen LogP) is 6.67. The summed E-state index contributed by atoms with van der Waals surface area (Å²) in [7, 11) is -4.06. The van der Waals surface area contributed by atoms with E-state index >= 15 is 0 Å². The highest BCUT2D eigenvalue weighted by Gasteiger charge is 2.49. The number of carbonyl (C=O) groups is 2. The van der Waals surface area contributed by atoms with E-state index in [2.05, 4.69) is 0 Å². The Labute approximate surface area is 249 Å². The van der Waals surface area contributed by atoms with Crippen LogP contribution in [0, 0.1) is 18.3 Å². The minimum atomic E-state index is -4.06. The third kappa shape index (κ3) is 6.97. The van der Waals surface area contributed by atoms with Crippen LogP contribution in [0.4, 0.5) is 0 Å². The zero-order valence-corrected chi connectivity index (χ0v) is 24.7. The number of ketones is 1. The van der Waals surface area contributed by atoms with Gasteiger partial charge in [-0.15, -0.1) is 0 Å². The Hall–Kier alpha value is -3.26. The van der Waals surface area contributed by atoms with Gasteiger partial charge in [0, 0.05) is 29.0 Å². The van der Waals surface area contributed by atoms with Crippen LogP contribution in [0.25, 0.3) is 0 Å². The number of benzene rings is 3. The van der Waals surface area contributed by atoms with Gasteiger partial charge in [-0.2, -0.15) is 4.31 Å². The number of sulfonamides is 1. The van der Waals surface area contributed by atoms with Crippen molar-refractivity contribution in [2.24, 2.45) is 17.1 Å². The number of hydrogen-bond acceptors (Lipinski definition) is 4. The SMILES string of the molecule is C.Cc1ccccc1S(=O)(=O)N1[C@@H](c2ccc(Cl)cc2)C(C(=O)C[C@@H](Cc2ccccc2)C(N)=O)=C[C@H]1C(C)(C)C. The molecule has 3 aromatic carbocycles. The molecule has 0 bridgehead atoms. The zero-order valence-electron chi connectivity index (χ0n) is 23.2. The molecule has 0 aromatic heterocycles. The second-order valence-electron chi connectivity index (χ2n) is 11.4. The van der Waals surface area contributed by atoms with Crippen LogP contribution < -0.4 is 5.73 Å². The molecule has 2 N–H and O–H groups in total. The molecule has 0 aliphatic carbocycles. The molecule has 3 aromatic rings. The van der Waals surface area contributed by atoms with Gasteiger partial charge in [0.15, 0.2) is 5.78 Å². The number of amides is 1. The molecule has 8 heteroatoms. The average Bonchev–Trinajstić information content (AvgIpc) is 3.32. The van der Waals surface area contributed by atoms with Gasteiger partial charge < -0.3 is 5.73 Å². The maximum atomic E-state index is 14.4. The van der Waals surface area contributed by atoms with Crippen LogP contribution in [0.3, 0.4) is 0 Å². The van der Waals surface area contributed by atoms with Crippen molar-refractivity contribution in [2.75, 3.05) is 0 Å². The molecule has 218 valence electrons. The molecule has 6 nitrogen and oxygen atoms in total. The van der Waals surface area contributed by atoms with E-state index in [-0.39, 0.29) is 24.5 Å². The third-order valence-electron chi connectivity index (χ3n) is 7.36. The number of nitrogens with zero attached hydrogens (tertiary/aromatic N) is 1. The van der Waals surface area contributed by atoms with E-state index in [0.717, 1.165) is 5.56 Å². The third-order valence-corrected chi connectivity index (χ3v) is 9.62. The van der Waals surface area contributed by atoms with Gasteiger partial charge in [-0.05, 0) is 53.6 Å². The fourth-order valence-corrected chi connectivity index (χ4v) is 7.51. The predicted molar refractivity (Wildman–Crippen MR) is 165 cm³/mol. The summed E-state index contributed by atoms with van der Waals surface area (Å²) in [6.07, 6.45) is 1.95. The lowest BCUT2D eigenvalue weighted by molar-refractivity contribution is -0.126. The Kier molecular flexibility index (Phi) is 10.0. The highest BCUT2D eigenvalue weighted by Crippen LogP contribution is 2.47. The first-order valence-corrected chi connectivity index (χ1v) is 15.1. The van der Waals surface area contributed by atoms with E-state index in [9.17, 15) is 18.0 Å². The van der Waals surface area contributed by atoms with Crippen LogP contribution in [-0.4, -0.2) is 30.5 Å². The Bertz CT molecular complexity index is 1530. The molecule has 1 amide bonds. The summed E-state index contributed by atoms with van der Waals surface area (Å²) >= 11 is 6.18. The number of Topliss-reactive ketones (excluding diaryl/α,β-unsaturated/α-hetero) is 1. The van der Waals surface area contributed by atoms with Crippen molar-refractivity contribution >= 4 is 33.3 Å². The summed E-state index contributed by atoms with van der Waals surface area (Å²) in [5.74, 6) is -1.62. The lowest BCUT2D eigenvalue weighted by Crippen LogP contribution is -2.45. The molecule has 1 aliphatic heterocycles. The first kappa shape index (κ1) is 32.3. The second kappa shape index (κ2) is 12.7. The topological polar surface area (TPSA) is 97.5 Å². The van der Waals surface area contributed by atoms with Crippen molar-refractivity contribution in [2.45, 2.75) is 64.9 Å². The van der Waals surface area contributed by atoms with Gasteiger partial charge >= 0.3 is 0 Å². The van der Waals surface area contributed by atoms with E-state index in [1.54, 1.807) is 61.5 Å². The lowest BCUT2D eigenvalue weighted by Gasteiger charge is -2.37. The summed E-state index contributed by atoms with van der Waals surface area (Å²) < 4.78 is 30.2. The maximum absolute atomic E-state index is 14.4. The number of hydrogen-bond donors (Lipinski definition) is 1. The van der Waals surface area contributed by atoms with Crippen LogP contribution in [0.15, 0.2) is 95.4 Å². The van der Waals surface area contributed by atoms with Gasteiger partial charge in [-0.1, -0.05) is 107 Å². The first-order valence-electron chi connectivity index (χ1n) is 13.2. The molecule has 0 saturated carbocycles. The molecule has 1 aliphatic rings. The van der Waals surface area contributed by atoms with Crippen LogP contribution in [0.5, 0.6) is 0 Å². The number of rotatable bonds is 9. The number of halogens is 1. The van der Waals surface area contributed by atoms with Crippen LogP contribution in [-0.2, 0) is 26.0 Å². The van der Waals surface area contributed by atoms with Crippen molar-refractivity contribution in [3.63, 3.8) is 0 Å². The van der Waals surface area contributed by atoms with Crippen LogP contribution in [0.1, 0.15) is 57.4 Å². The Morgan fingerprint density at radius 3 is 2.10 bits per heavy atom. The van der Waals surface area contributed by atoms with Crippen molar-refractivity contribution in [1.29, 1.82) is 0 Å². The normalized spacial score (nSPS) is 18.3. The number of carbonyl (C=O) groups excluding carboxylic acids is 2. The van der Waals surface area contributed by atoms with Crippen LogP contribution >= 0.6 is 11.6 Å². The van der Waals surface area contributed by atoms with E-state index in [1.165, 1.54) is 4.31 Å². The fourth-order valence-electron chi connectivity index (χ4n) is 5.24. The van der Waals surface area contributed by atoms with Gasteiger partial charge in [-0.3, -0.25) is 9.59 Å². The van der Waals surface area contributed by atoms with Crippen molar-refractivity contribution in [1.82, 2.24) is 4.31 Å². The Morgan fingerprint density at radius 1 is 0.951 bits per heavy atom. The Balaban J connectivity index is 0.00000462.